The first-order valence-corrected chi connectivity index (χ1v) is 6.93. The fourth-order valence-corrected chi connectivity index (χ4v) is 2.32. The van der Waals surface area contributed by atoms with Crippen molar-refractivity contribution >= 4 is 27.5 Å². The number of aromatic nitrogens is 1. The van der Waals surface area contributed by atoms with Gasteiger partial charge in [-0.2, -0.15) is 0 Å². The maximum Gasteiger partial charge on any atom is 0.123 e. The number of alkyl halides is 1. The van der Waals surface area contributed by atoms with Gasteiger partial charge in [-0.05, 0) is 52.2 Å². The highest BCUT2D eigenvalue weighted by Crippen LogP contribution is 2.22. The number of benzene rings is 1. The minimum Gasteiger partial charge on any atom is -0.260 e. The summed E-state index contributed by atoms with van der Waals surface area (Å²) in [7, 11) is 0. The lowest BCUT2D eigenvalue weighted by atomic mass is 9.96. The molecule has 1 atom stereocenters. The van der Waals surface area contributed by atoms with Gasteiger partial charge in [-0.3, -0.25) is 4.98 Å². The average molecular weight is 329 g/mol. The predicted molar refractivity (Wildman–Crippen MR) is 75.5 cm³/mol. The van der Waals surface area contributed by atoms with Gasteiger partial charge < -0.3 is 0 Å². The third-order valence-corrected chi connectivity index (χ3v) is 3.59. The van der Waals surface area contributed by atoms with Crippen molar-refractivity contribution in [1.29, 1.82) is 0 Å². The van der Waals surface area contributed by atoms with Gasteiger partial charge in [-0.1, -0.05) is 12.1 Å². The second-order valence-corrected chi connectivity index (χ2v) is 5.30. The van der Waals surface area contributed by atoms with E-state index in [-0.39, 0.29) is 11.7 Å². The summed E-state index contributed by atoms with van der Waals surface area (Å²) in [5.74, 6) is 0.295. The molecule has 0 saturated carbocycles. The summed E-state index contributed by atoms with van der Waals surface area (Å²) < 4.78 is 14.1. The van der Waals surface area contributed by atoms with E-state index in [0.29, 0.717) is 12.3 Å². The molecule has 2 rings (SSSR count). The van der Waals surface area contributed by atoms with Crippen LogP contribution in [0.1, 0.15) is 17.2 Å². The molecule has 1 heterocycles. The molecule has 0 aliphatic rings. The summed E-state index contributed by atoms with van der Waals surface area (Å²) in [6.45, 7) is 0. The van der Waals surface area contributed by atoms with Crippen LogP contribution in [0.2, 0.25) is 0 Å². The maximum absolute atomic E-state index is 13.2. The van der Waals surface area contributed by atoms with E-state index in [2.05, 4.69) is 20.9 Å². The Morgan fingerprint density at radius 3 is 2.72 bits per heavy atom. The summed E-state index contributed by atoms with van der Waals surface area (Å²) in [5.41, 5.74) is 1.86. The normalized spacial score (nSPS) is 12.4. The molecule has 0 fully saturated rings. The van der Waals surface area contributed by atoms with Crippen LogP contribution in [0.25, 0.3) is 0 Å². The largest absolute Gasteiger partial charge is 0.260 e. The molecule has 2 aromatic rings. The van der Waals surface area contributed by atoms with Crippen LogP contribution in [0.3, 0.4) is 0 Å². The number of hydrogen-bond donors (Lipinski definition) is 0. The molecule has 1 nitrogen and oxygen atoms in total. The Kier molecular flexibility index (Phi) is 4.72. The SMILES string of the molecule is Fc1cccc(C(CCl)Cc2ccc(Br)cn2)c1. The second-order valence-electron chi connectivity index (χ2n) is 4.08. The van der Waals surface area contributed by atoms with Crippen molar-refractivity contribution in [2.45, 2.75) is 12.3 Å². The van der Waals surface area contributed by atoms with Gasteiger partial charge in [0.25, 0.3) is 0 Å². The molecule has 0 bridgehead atoms. The highest BCUT2D eigenvalue weighted by atomic mass is 79.9. The summed E-state index contributed by atoms with van der Waals surface area (Å²) in [6, 6.07) is 10.5. The third kappa shape index (κ3) is 3.53. The van der Waals surface area contributed by atoms with Crippen molar-refractivity contribution < 1.29 is 4.39 Å². The first-order chi connectivity index (χ1) is 8.69. The van der Waals surface area contributed by atoms with Crippen LogP contribution in [0, 0.1) is 5.82 Å². The quantitative estimate of drug-likeness (QED) is 0.750. The van der Waals surface area contributed by atoms with E-state index in [1.165, 1.54) is 12.1 Å². The summed E-state index contributed by atoms with van der Waals surface area (Å²) in [6.07, 6.45) is 2.46. The molecule has 4 heteroatoms. The first-order valence-electron chi connectivity index (χ1n) is 5.61. The van der Waals surface area contributed by atoms with Gasteiger partial charge >= 0.3 is 0 Å². The summed E-state index contributed by atoms with van der Waals surface area (Å²) in [5, 5.41) is 0. The Morgan fingerprint density at radius 1 is 1.28 bits per heavy atom. The maximum atomic E-state index is 13.2. The molecule has 0 spiro atoms. The Bertz CT molecular complexity index is 515. The van der Waals surface area contributed by atoms with E-state index in [1.807, 2.05) is 18.2 Å². The van der Waals surface area contributed by atoms with Crippen LogP contribution in [0.15, 0.2) is 47.1 Å². The first kappa shape index (κ1) is 13.5. The lowest BCUT2D eigenvalue weighted by Crippen LogP contribution is -2.06. The van der Waals surface area contributed by atoms with Crippen molar-refractivity contribution in [1.82, 2.24) is 4.98 Å². The minimum absolute atomic E-state index is 0.0797. The van der Waals surface area contributed by atoms with Gasteiger partial charge in [0.1, 0.15) is 5.82 Å². The molecule has 0 amide bonds. The number of rotatable bonds is 4. The molecule has 94 valence electrons. The molecule has 0 radical (unpaired) electrons. The minimum atomic E-state index is -0.230. The van der Waals surface area contributed by atoms with Crippen LogP contribution < -0.4 is 0 Å². The zero-order valence-electron chi connectivity index (χ0n) is 9.61. The number of pyridine rings is 1. The van der Waals surface area contributed by atoms with Gasteiger partial charge in [0.2, 0.25) is 0 Å². The van der Waals surface area contributed by atoms with Crippen LogP contribution in [-0.2, 0) is 6.42 Å². The van der Waals surface area contributed by atoms with Crippen LogP contribution in [0.4, 0.5) is 4.39 Å². The van der Waals surface area contributed by atoms with Gasteiger partial charge in [-0.25, -0.2) is 4.39 Å². The molecular weight excluding hydrogens is 317 g/mol. The van der Waals surface area contributed by atoms with Crippen LogP contribution >= 0.6 is 27.5 Å². The van der Waals surface area contributed by atoms with Crippen molar-refractivity contribution in [2.75, 3.05) is 5.88 Å². The predicted octanol–water partition coefficient (Wildman–Crippen LogP) is 4.55. The molecule has 18 heavy (non-hydrogen) atoms. The molecule has 0 saturated heterocycles. The second kappa shape index (κ2) is 6.30. The van der Waals surface area contributed by atoms with Gasteiger partial charge in [-0.15, -0.1) is 11.6 Å². The van der Waals surface area contributed by atoms with E-state index in [9.17, 15) is 4.39 Å². The van der Waals surface area contributed by atoms with E-state index >= 15 is 0 Å². The third-order valence-electron chi connectivity index (χ3n) is 2.75. The van der Waals surface area contributed by atoms with E-state index in [1.54, 1.807) is 12.3 Å². The van der Waals surface area contributed by atoms with Crippen LogP contribution in [-0.4, -0.2) is 10.9 Å². The topological polar surface area (TPSA) is 12.9 Å². The van der Waals surface area contributed by atoms with E-state index < -0.39 is 0 Å². The van der Waals surface area contributed by atoms with Crippen molar-refractivity contribution in [3.8, 4) is 0 Å². The number of nitrogens with zero attached hydrogens (tertiary/aromatic N) is 1. The standard InChI is InChI=1S/C14H12BrClFN/c15-12-4-5-14(18-9-12)7-11(8-16)10-2-1-3-13(17)6-10/h1-6,9,11H,7-8H2. The molecule has 0 aliphatic carbocycles. The van der Waals surface area contributed by atoms with E-state index in [0.717, 1.165) is 15.7 Å². The number of hydrogen-bond acceptors (Lipinski definition) is 1. The molecule has 1 aromatic heterocycles. The molecule has 1 unspecified atom stereocenters. The zero-order valence-corrected chi connectivity index (χ0v) is 12.0. The Labute approximate surface area is 119 Å². The van der Waals surface area contributed by atoms with Crippen LogP contribution in [0.5, 0.6) is 0 Å². The Balaban J connectivity index is 2.17. The Morgan fingerprint density at radius 2 is 2.11 bits per heavy atom. The molecule has 0 N–H and O–H groups in total. The lowest BCUT2D eigenvalue weighted by molar-refractivity contribution is 0.620. The van der Waals surface area contributed by atoms with Gasteiger partial charge in [0.15, 0.2) is 0 Å². The average Bonchev–Trinajstić information content (AvgIpc) is 2.38. The highest BCUT2D eigenvalue weighted by Gasteiger charge is 2.12. The van der Waals surface area contributed by atoms with Crippen molar-refractivity contribution in [3.63, 3.8) is 0 Å². The zero-order chi connectivity index (χ0) is 13.0. The van der Waals surface area contributed by atoms with Crippen molar-refractivity contribution in [2.24, 2.45) is 0 Å². The monoisotopic (exact) mass is 327 g/mol. The van der Waals surface area contributed by atoms with Crippen molar-refractivity contribution in [3.05, 3.63) is 64.1 Å². The lowest BCUT2D eigenvalue weighted by Gasteiger charge is -2.14. The fourth-order valence-electron chi connectivity index (χ4n) is 1.80. The summed E-state index contributed by atoms with van der Waals surface area (Å²) in [4.78, 5) is 4.31. The van der Waals surface area contributed by atoms with Gasteiger partial charge in [0, 0.05) is 28.2 Å². The fraction of sp³-hybridized carbons (Fsp3) is 0.214. The van der Waals surface area contributed by atoms with Gasteiger partial charge in [0.05, 0.1) is 0 Å². The molecule has 1 aromatic carbocycles. The highest BCUT2D eigenvalue weighted by molar-refractivity contribution is 9.10. The van der Waals surface area contributed by atoms with E-state index in [4.69, 9.17) is 11.6 Å². The smallest absolute Gasteiger partial charge is 0.123 e. The molecule has 0 aliphatic heterocycles. The summed E-state index contributed by atoms with van der Waals surface area (Å²) >= 11 is 9.32. The Hall–Kier alpha value is -0.930. The molecular formula is C14H12BrClFN. The number of halogens is 3.